The van der Waals surface area contributed by atoms with Crippen molar-refractivity contribution in [2.75, 3.05) is 7.11 Å². The van der Waals surface area contributed by atoms with E-state index in [1.54, 1.807) is 25.3 Å². The summed E-state index contributed by atoms with van der Waals surface area (Å²) in [5.41, 5.74) is 1.67. The maximum atomic E-state index is 8.85. The van der Waals surface area contributed by atoms with Gasteiger partial charge in [-0.3, -0.25) is 0 Å². The molecule has 0 aliphatic rings. The van der Waals surface area contributed by atoms with Gasteiger partial charge in [-0.15, -0.1) is 0 Å². The van der Waals surface area contributed by atoms with Gasteiger partial charge in [0.1, 0.15) is 6.61 Å². The van der Waals surface area contributed by atoms with E-state index in [9.17, 15) is 0 Å². The van der Waals surface area contributed by atoms with E-state index in [0.29, 0.717) is 23.7 Å². The van der Waals surface area contributed by atoms with Crippen molar-refractivity contribution >= 4 is 22.6 Å². The van der Waals surface area contributed by atoms with Crippen molar-refractivity contribution in [3.05, 3.63) is 57.2 Å². The van der Waals surface area contributed by atoms with Crippen molar-refractivity contribution in [3.8, 4) is 17.6 Å². The predicted octanol–water partition coefficient (Wildman–Crippen LogP) is 3.75. The monoisotopic (exact) mass is 365 g/mol. The number of halogens is 1. The Balaban J connectivity index is 2.16. The molecule has 0 bridgehead atoms. The largest absolute Gasteiger partial charge is 0.493 e. The van der Waals surface area contributed by atoms with Gasteiger partial charge in [0.15, 0.2) is 11.5 Å². The first-order valence-electron chi connectivity index (χ1n) is 5.69. The highest BCUT2D eigenvalue weighted by Crippen LogP contribution is 2.29. The summed E-state index contributed by atoms with van der Waals surface area (Å²) < 4.78 is 12.1. The minimum atomic E-state index is 0.474. The van der Waals surface area contributed by atoms with E-state index in [-0.39, 0.29) is 0 Å². The Morgan fingerprint density at radius 3 is 2.63 bits per heavy atom. The van der Waals surface area contributed by atoms with Gasteiger partial charge in [0.25, 0.3) is 0 Å². The Labute approximate surface area is 125 Å². The van der Waals surface area contributed by atoms with Crippen molar-refractivity contribution < 1.29 is 9.47 Å². The highest BCUT2D eigenvalue weighted by Gasteiger charge is 2.07. The van der Waals surface area contributed by atoms with Gasteiger partial charge in [-0.25, -0.2) is 0 Å². The summed E-state index contributed by atoms with van der Waals surface area (Å²) in [7, 11) is 1.57. The van der Waals surface area contributed by atoms with Gasteiger partial charge < -0.3 is 9.47 Å². The van der Waals surface area contributed by atoms with E-state index < -0.39 is 0 Å². The normalized spacial score (nSPS) is 9.74. The van der Waals surface area contributed by atoms with Gasteiger partial charge in [0.05, 0.1) is 18.7 Å². The minimum Gasteiger partial charge on any atom is -0.493 e. The molecule has 2 rings (SSSR count). The summed E-state index contributed by atoms with van der Waals surface area (Å²) in [6, 6.07) is 15.3. The lowest BCUT2D eigenvalue weighted by atomic mass is 10.2. The van der Waals surface area contributed by atoms with Gasteiger partial charge >= 0.3 is 0 Å². The molecule has 96 valence electrons. The zero-order chi connectivity index (χ0) is 13.7. The Morgan fingerprint density at radius 2 is 1.95 bits per heavy atom. The predicted molar refractivity (Wildman–Crippen MR) is 81.2 cm³/mol. The number of nitriles is 1. The van der Waals surface area contributed by atoms with Gasteiger partial charge in [0, 0.05) is 15.2 Å². The fourth-order valence-electron chi connectivity index (χ4n) is 1.63. The molecule has 0 aliphatic heterocycles. The van der Waals surface area contributed by atoms with Crippen molar-refractivity contribution in [2.24, 2.45) is 0 Å². The van der Waals surface area contributed by atoms with E-state index in [0.717, 1.165) is 9.13 Å². The second kappa shape index (κ2) is 6.43. The molecule has 0 unspecified atom stereocenters. The van der Waals surface area contributed by atoms with Crippen LogP contribution in [0.4, 0.5) is 0 Å². The quantitative estimate of drug-likeness (QED) is 0.775. The molecule has 2 aromatic rings. The van der Waals surface area contributed by atoms with E-state index in [2.05, 4.69) is 28.7 Å². The Hall–Kier alpha value is -1.74. The summed E-state index contributed by atoms with van der Waals surface area (Å²) in [6.45, 7) is 0.474. The van der Waals surface area contributed by atoms with Crippen LogP contribution in [0.5, 0.6) is 11.5 Å². The lowest BCUT2D eigenvalue weighted by Crippen LogP contribution is -1.99. The fourth-order valence-corrected chi connectivity index (χ4v) is 2.17. The van der Waals surface area contributed by atoms with Crippen LogP contribution in [0.3, 0.4) is 0 Å². The second-order valence-corrected chi connectivity index (χ2v) is 5.02. The molecular formula is C15H12INO2. The Bertz CT molecular complexity index is 620. The van der Waals surface area contributed by atoms with Gasteiger partial charge in [-0.05, 0) is 40.8 Å². The second-order valence-electron chi connectivity index (χ2n) is 3.86. The van der Waals surface area contributed by atoms with Crippen LogP contribution < -0.4 is 9.47 Å². The van der Waals surface area contributed by atoms with E-state index in [4.69, 9.17) is 14.7 Å². The zero-order valence-corrected chi connectivity index (χ0v) is 12.5. The first-order chi connectivity index (χ1) is 9.24. The van der Waals surface area contributed by atoms with Crippen molar-refractivity contribution in [3.63, 3.8) is 0 Å². The number of methoxy groups -OCH3 is 1. The molecule has 0 fully saturated rings. The van der Waals surface area contributed by atoms with Crippen molar-refractivity contribution in [2.45, 2.75) is 6.61 Å². The molecule has 4 heteroatoms. The number of benzene rings is 2. The van der Waals surface area contributed by atoms with E-state index >= 15 is 0 Å². The maximum Gasteiger partial charge on any atom is 0.162 e. The third-order valence-corrected chi connectivity index (χ3v) is 3.69. The summed E-state index contributed by atoms with van der Waals surface area (Å²) in [4.78, 5) is 0. The Kier molecular flexibility index (Phi) is 4.63. The summed E-state index contributed by atoms with van der Waals surface area (Å²) in [5, 5.41) is 8.85. The number of hydrogen-bond donors (Lipinski definition) is 0. The summed E-state index contributed by atoms with van der Waals surface area (Å²) in [6.07, 6.45) is 0. The van der Waals surface area contributed by atoms with Crippen LogP contribution in [-0.2, 0) is 6.61 Å². The molecule has 0 atom stereocenters. The molecule has 2 aromatic carbocycles. The van der Waals surface area contributed by atoms with Gasteiger partial charge in [-0.2, -0.15) is 5.26 Å². The molecule has 0 radical (unpaired) electrons. The molecule has 0 N–H and O–H groups in total. The molecule has 0 saturated heterocycles. The Morgan fingerprint density at radius 1 is 1.16 bits per heavy atom. The average molecular weight is 365 g/mol. The smallest absolute Gasteiger partial charge is 0.162 e. The lowest BCUT2D eigenvalue weighted by Gasteiger charge is -2.11. The van der Waals surface area contributed by atoms with Crippen LogP contribution >= 0.6 is 22.6 Å². The molecule has 19 heavy (non-hydrogen) atoms. The molecule has 0 spiro atoms. The molecule has 3 nitrogen and oxygen atoms in total. The number of ether oxygens (including phenoxy) is 2. The maximum absolute atomic E-state index is 8.85. The number of hydrogen-bond acceptors (Lipinski definition) is 3. The van der Waals surface area contributed by atoms with Crippen LogP contribution in [0.1, 0.15) is 11.1 Å². The highest BCUT2D eigenvalue weighted by atomic mass is 127. The molecule has 0 aromatic heterocycles. The van der Waals surface area contributed by atoms with Crippen LogP contribution in [0.2, 0.25) is 0 Å². The molecule has 0 heterocycles. The first-order valence-corrected chi connectivity index (χ1v) is 6.77. The lowest BCUT2D eigenvalue weighted by molar-refractivity contribution is 0.284. The first kappa shape index (κ1) is 13.7. The average Bonchev–Trinajstić information content (AvgIpc) is 2.46. The molecule has 0 amide bonds. The SMILES string of the molecule is COc1cc(C#N)ccc1OCc1ccccc1I. The van der Waals surface area contributed by atoms with E-state index in [1.807, 2.05) is 24.3 Å². The molecule has 0 saturated carbocycles. The van der Waals surface area contributed by atoms with Crippen LogP contribution in [0, 0.1) is 14.9 Å². The third kappa shape index (κ3) is 3.38. The topological polar surface area (TPSA) is 42.2 Å². The van der Waals surface area contributed by atoms with Crippen LogP contribution in [-0.4, -0.2) is 7.11 Å². The van der Waals surface area contributed by atoms with Crippen molar-refractivity contribution in [1.82, 2.24) is 0 Å². The van der Waals surface area contributed by atoms with Gasteiger partial charge in [0.2, 0.25) is 0 Å². The van der Waals surface area contributed by atoms with Gasteiger partial charge in [-0.1, -0.05) is 18.2 Å². The third-order valence-electron chi connectivity index (χ3n) is 2.63. The van der Waals surface area contributed by atoms with E-state index in [1.165, 1.54) is 0 Å². The highest BCUT2D eigenvalue weighted by molar-refractivity contribution is 14.1. The standard InChI is InChI=1S/C15H12INO2/c1-18-15-8-11(9-17)6-7-14(15)19-10-12-4-2-3-5-13(12)16/h2-8H,10H2,1H3. The summed E-state index contributed by atoms with van der Waals surface area (Å²) in [5.74, 6) is 1.21. The summed E-state index contributed by atoms with van der Waals surface area (Å²) >= 11 is 2.28. The molecular weight excluding hydrogens is 353 g/mol. The van der Waals surface area contributed by atoms with Crippen molar-refractivity contribution in [1.29, 1.82) is 5.26 Å². The van der Waals surface area contributed by atoms with Crippen LogP contribution in [0.25, 0.3) is 0 Å². The number of rotatable bonds is 4. The minimum absolute atomic E-state index is 0.474. The van der Waals surface area contributed by atoms with Crippen LogP contribution in [0.15, 0.2) is 42.5 Å². The number of nitrogens with zero attached hydrogens (tertiary/aromatic N) is 1. The fraction of sp³-hybridized carbons (Fsp3) is 0.133. The zero-order valence-electron chi connectivity index (χ0n) is 10.4. The molecule has 0 aliphatic carbocycles.